The molecule has 1 aromatic carbocycles. The standard InChI is InChI=1S/C13H20N2.2ClH/c1-2-13(15,9-6-10-14)11-12-7-4-3-5-8-12;;/h2-5,7-8H,1,6,9-11,14-15H2;2*1H. The first-order chi connectivity index (χ1) is 7.20. The van der Waals surface area contributed by atoms with Crippen molar-refractivity contribution in [2.75, 3.05) is 6.54 Å². The zero-order valence-electron chi connectivity index (χ0n) is 9.97. The highest BCUT2D eigenvalue weighted by Crippen LogP contribution is 2.17. The smallest absolute Gasteiger partial charge is 0.0377 e. The van der Waals surface area contributed by atoms with Gasteiger partial charge in [0.15, 0.2) is 0 Å². The summed E-state index contributed by atoms with van der Waals surface area (Å²) < 4.78 is 0. The van der Waals surface area contributed by atoms with Gasteiger partial charge in [0.2, 0.25) is 0 Å². The Morgan fingerprint density at radius 3 is 2.24 bits per heavy atom. The lowest BCUT2D eigenvalue weighted by molar-refractivity contribution is 0.470. The topological polar surface area (TPSA) is 52.0 Å². The zero-order valence-corrected chi connectivity index (χ0v) is 11.6. The van der Waals surface area contributed by atoms with Crippen molar-refractivity contribution >= 4 is 24.8 Å². The molecule has 4 heteroatoms. The highest BCUT2D eigenvalue weighted by Gasteiger charge is 2.20. The summed E-state index contributed by atoms with van der Waals surface area (Å²) in [6.45, 7) is 4.50. The maximum atomic E-state index is 6.24. The molecular weight excluding hydrogens is 255 g/mol. The SMILES string of the molecule is C=CC(N)(CCCN)Cc1ccccc1.Cl.Cl. The molecule has 0 radical (unpaired) electrons. The minimum Gasteiger partial charge on any atom is -0.330 e. The van der Waals surface area contributed by atoms with Gasteiger partial charge in [-0.2, -0.15) is 0 Å². The molecular formula is C13H22Cl2N2. The van der Waals surface area contributed by atoms with Gasteiger partial charge in [0.05, 0.1) is 0 Å². The molecule has 1 unspecified atom stereocenters. The van der Waals surface area contributed by atoms with Gasteiger partial charge < -0.3 is 11.5 Å². The van der Waals surface area contributed by atoms with E-state index >= 15 is 0 Å². The van der Waals surface area contributed by atoms with Gasteiger partial charge in [-0.15, -0.1) is 31.4 Å². The molecule has 0 saturated heterocycles. The van der Waals surface area contributed by atoms with Gasteiger partial charge in [0.1, 0.15) is 0 Å². The van der Waals surface area contributed by atoms with Crippen LogP contribution in [0.1, 0.15) is 18.4 Å². The minimum atomic E-state index is -0.319. The van der Waals surface area contributed by atoms with Crippen LogP contribution in [0.5, 0.6) is 0 Å². The van der Waals surface area contributed by atoms with E-state index in [1.165, 1.54) is 5.56 Å². The van der Waals surface area contributed by atoms with Crippen molar-refractivity contribution in [1.82, 2.24) is 0 Å². The molecule has 0 bridgehead atoms. The van der Waals surface area contributed by atoms with Crippen LogP contribution in [0.2, 0.25) is 0 Å². The van der Waals surface area contributed by atoms with Gasteiger partial charge in [0, 0.05) is 5.54 Å². The van der Waals surface area contributed by atoms with Crippen LogP contribution in [0.15, 0.2) is 43.0 Å². The molecule has 0 spiro atoms. The van der Waals surface area contributed by atoms with E-state index in [0.717, 1.165) is 19.3 Å². The molecule has 1 aromatic rings. The minimum absolute atomic E-state index is 0. The van der Waals surface area contributed by atoms with Crippen molar-refractivity contribution in [3.63, 3.8) is 0 Å². The summed E-state index contributed by atoms with van der Waals surface area (Å²) in [7, 11) is 0. The first-order valence-electron chi connectivity index (χ1n) is 5.37. The van der Waals surface area contributed by atoms with E-state index in [2.05, 4.69) is 18.7 Å². The van der Waals surface area contributed by atoms with Gasteiger partial charge in [-0.1, -0.05) is 36.4 Å². The molecule has 0 aliphatic carbocycles. The molecule has 0 heterocycles. The van der Waals surface area contributed by atoms with Crippen LogP contribution in [0, 0.1) is 0 Å². The average Bonchev–Trinajstić information content (AvgIpc) is 2.28. The first kappa shape index (κ1) is 18.8. The van der Waals surface area contributed by atoms with Crippen molar-refractivity contribution in [1.29, 1.82) is 0 Å². The maximum absolute atomic E-state index is 6.24. The lowest BCUT2D eigenvalue weighted by atomic mass is 9.87. The van der Waals surface area contributed by atoms with Crippen molar-refractivity contribution < 1.29 is 0 Å². The zero-order chi connectivity index (χ0) is 11.1. The summed E-state index contributed by atoms with van der Waals surface area (Å²) in [6.07, 6.45) is 4.50. The van der Waals surface area contributed by atoms with E-state index in [-0.39, 0.29) is 30.4 Å². The lowest BCUT2D eigenvalue weighted by Crippen LogP contribution is -2.40. The molecule has 0 aliphatic rings. The largest absolute Gasteiger partial charge is 0.330 e. The summed E-state index contributed by atoms with van der Waals surface area (Å²) in [5.41, 5.74) is 12.7. The van der Waals surface area contributed by atoms with Gasteiger partial charge in [0.25, 0.3) is 0 Å². The predicted octanol–water partition coefficient (Wildman–Crippen LogP) is 2.70. The van der Waals surface area contributed by atoms with E-state index in [1.54, 1.807) is 0 Å². The summed E-state index contributed by atoms with van der Waals surface area (Å²) in [5.74, 6) is 0. The third kappa shape index (κ3) is 6.69. The molecule has 1 atom stereocenters. The van der Waals surface area contributed by atoms with Gasteiger partial charge >= 0.3 is 0 Å². The normalized spacial score (nSPS) is 12.8. The Morgan fingerprint density at radius 2 is 1.76 bits per heavy atom. The first-order valence-corrected chi connectivity index (χ1v) is 5.37. The molecule has 0 aromatic heterocycles. The monoisotopic (exact) mass is 276 g/mol. The Bertz CT molecular complexity index is 304. The van der Waals surface area contributed by atoms with Crippen LogP contribution in [0.25, 0.3) is 0 Å². The van der Waals surface area contributed by atoms with Gasteiger partial charge in [-0.3, -0.25) is 0 Å². The fourth-order valence-electron chi connectivity index (χ4n) is 1.67. The van der Waals surface area contributed by atoms with Crippen molar-refractivity contribution in [2.24, 2.45) is 11.5 Å². The highest BCUT2D eigenvalue weighted by atomic mass is 35.5. The van der Waals surface area contributed by atoms with Crippen LogP contribution in [0.3, 0.4) is 0 Å². The molecule has 0 saturated carbocycles. The van der Waals surface area contributed by atoms with Crippen molar-refractivity contribution in [2.45, 2.75) is 24.8 Å². The molecule has 0 fully saturated rings. The number of hydrogen-bond acceptors (Lipinski definition) is 2. The van der Waals surface area contributed by atoms with E-state index in [4.69, 9.17) is 11.5 Å². The van der Waals surface area contributed by atoms with E-state index in [0.29, 0.717) is 6.54 Å². The Balaban J connectivity index is 0. The Kier molecular flexibility index (Phi) is 10.5. The number of halogens is 2. The van der Waals surface area contributed by atoms with Crippen LogP contribution in [-0.2, 0) is 6.42 Å². The van der Waals surface area contributed by atoms with Crippen LogP contribution >= 0.6 is 24.8 Å². The van der Waals surface area contributed by atoms with Crippen molar-refractivity contribution in [3.05, 3.63) is 48.6 Å². The van der Waals surface area contributed by atoms with Gasteiger partial charge in [-0.05, 0) is 31.4 Å². The fraction of sp³-hybridized carbons (Fsp3) is 0.385. The molecule has 0 amide bonds. The fourth-order valence-corrected chi connectivity index (χ4v) is 1.67. The molecule has 2 nitrogen and oxygen atoms in total. The molecule has 4 N–H and O–H groups in total. The van der Waals surface area contributed by atoms with E-state index < -0.39 is 0 Å². The quantitative estimate of drug-likeness (QED) is 0.785. The predicted molar refractivity (Wildman–Crippen MR) is 80.0 cm³/mol. The Labute approximate surface area is 116 Å². The second kappa shape index (κ2) is 9.49. The van der Waals surface area contributed by atoms with Gasteiger partial charge in [-0.25, -0.2) is 0 Å². The molecule has 98 valence electrons. The highest BCUT2D eigenvalue weighted by molar-refractivity contribution is 5.85. The summed E-state index contributed by atoms with van der Waals surface area (Å²) in [6, 6.07) is 10.3. The van der Waals surface area contributed by atoms with Crippen LogP contribution in [-0.4, -0.2) is 12.1 Å². The summed E-state index contributed by atoms with van der Waals surface area (Å²) >= 11 is 0. The Hall–Kier alpha value is -0.540. The number of rotatable bonds is 6. The lowest BCUT2D eigenvalue weighted by Gasteiger charge is -2.25. The summed E-state index contributed by atoms with van der Waals surface area (Å²) in [5, 5.41) is 0. The molecule has 1 rings (SSSR count). The molecule has 17 heavy (non-hydrogen) atoms. The average molecular weight is 277 g/mol. The number of benzene rings is 1. The molecule has 0 aliphatic heterocycles. The van der Waals surface area contributed by atoms with E-state index in [1.807, 2.05) is 24.3 Å². The maximum Gasteiger partial charge on any atom is 0.0377 e. The third-order valence-electron chi connectivity index (χ3n) is 2.63. The van der Waals surface area contributed by atoms with Crippen molar-refractivity contribution in [3.8, 4) is 0 Å². The second-order valence-electron chi connectivity index (χ2n) is 3.99. The van der Waals surface area contributed by atoms with E-state index in [9.17, 15) is 0 Å². The number of nitrogens with two attached hydrogens (primary N) is 2. The second-order valence-corrected chi connectivity index (χ2v) is 3.99. The Morgan fingerprint density at radius 1 is 1.18 bits per heavy atom. The number of hydrogen-bond donors (Lipinski definition) is 2. The van der Waals surface area contributed by atoms with Crippen LogP contribution in [0.4, 0.5) is 0 Å². The third-order valence-corrected chi connectivity index (χ3v) is 2.63. The summed E-state index contributed by atoms with van der Waals surface area (Å²) in [4.78, 5) is 0. The van der Waals surface area contributed by atoms with Crippen LogP contribution < -0.4 is 11.5 Å².